The molecule has 2 aromatic rings. The molecule has 0 radical (unpaired) electrons. The summed E-state index contributed by atoms with van der Waals surface area (Å²) in [4.78, 5) is 28.0. The zero-order chi connectivity index (χ0) is 16.0. The topological polar surface area (TPSA) is 53.8 Å². The Hall–Kier alpha value is -2.56. The van der Waals surface area contributed by atoms with Crippen LogP contribution in [0.1, 0.15) is 10.6 Å². The van der Waals surface area contributed by atoms with Crippen LogP contribution in [0, 0.1) is 11.8 Å². The van der Waals surface area contributed by atoms with Crippen LogP contribution in [0.3, 0.4) is 0 Å². The maximum Gasteiger partial charge on any atom is 0.289 e. The molecule has 23 heavy (non-hydrogen) atoms. The van der Waals surface area contributed by atoms with Crippen LogP contribution in [-0.2, 0) is 4.79 Å². The van der Waals surface area contributed by atoms with Crippen molar-refractivity contribution in [3.8, 4) is 0 Å². The van der Waals surface area contributed by atoms with E-state index in [1.165, 1.54) is 6.08 Å². The van der Waals surface area contributed by atoms with E-state index >= 15 is 0 Å². The number of amides is 2. The first-order chi connectivity index (χ1) is 11.2. The molecule has 2 atom stereocenters. The minimum atomic E-state index is -0.0582. The number of para-hydroxylation sites is 1. The highest BCUT2D eigenvalue weighted by Crippen LogP contribution is 2.32. The largest absolute Gasteiger partial charge is 0.451 e. The lowest BCUT2D eigenvalue weighted by Gasteiger charge is -2.20. The third-order valence-electron chi connectivity index (χ3n) is 4.90. The number of hydrogen-bond donors (Lipinski definition) is 0. The first-order valence-electron chi connectivity index (χ1n) is 7.85. The number of likely N-dealkylation sites (tertiary alicyclic amines) is 2. The Balaban J connectivity index is 1.48. The molecule has 0 saturated carbocycles. The third-order valence-corrected chi connectivity index (χ3v) is 4.90. The highest BCUT2D eigenvalue weighted by molar-refractivity contribution is 5.96. The Bertz CT molecular complexity index is 747. The molecule has 2 saturated heterocycles. The first-order valence-corrected chi connectivity index (χ1v) is 7.85. The average Bonchev–Trinajstić information content (AvgIpc) is 3.24. The summed E-state index contributed by atoms with van der Waals surface area (Å²) in [5, 5.41) is 0.943. The van der Waals surface area contributed by atoms with Gasteiger partial charge in [-0.3, -0.25) is 9.59 Å². The molecule has 2 aliphatic rings. The van der Waals surface area contributed by atoms with Gasteiger partial charge >= 0.3 is 0 Å². The molecule has 2 aliphatic heterocycles. The van der Waals surface area contributed by atoms with E-state index in [1.54, 1.807) is 6.07 Å². The molecular formula is C18H18N2O3. The van der Waals surface area contributed by atoms with E-state index in [-0.39, 0.29) is 11.8 Å². The van der Waals surface area contributed by atoms with Crippen molar-refractivity contribution in [1.29, 1.82) is 0 Å². The highest BCUT2D eigenvalue weighted by Gasteiger charge is 2.43. The fraction of sp³-hybridized carbons (Fsp3) is 0.333. The van der Waals surface area contributed by atoms with Crippen molar-refractivity contribution in [2.45, 2.75) is 0 Å². The molecule has 0 bridgehead atoms. The van der Waals surface area contributed by atoms with Gasteiger partial charge in [0, 0.05) is 43.4 Å². The van der Waals surface area contributed by atoms with Crippen molar-refractivity contribution >= 4 is 22.8 Å². The molecule has 2 fully saturated rings. The summed E-state index contributed by atoms with van der Waals surface area (Å²) in [5.74, 6) is 1.02. The predicted molar refractivity (Wildman–Crippen MR) is 85.9 cm³/mol. The number of rotatable bonds is 2. The smallest absolute Gasteiger partial charge is 0.289 e. The minimum Gasteiger partial charge on any atom is -0.451 e. The summed E-state index contributed by atoms with van der Waals surface area (Å²) in [6.07, 6.45) is 1.36. The van der Waals surface area contributed by atoms with Gasteiger partial charge in [0.25, 0.3) is 5.91 Å². The number of carbonyl (C=O) groups is 2. The van der Waals surface area contributed by atoms with Gasteiger partial charge < -0.3 is 14.2 Å². The molecular weight excluding hydrogens is 292 g/mol. The molecule has 0 N–H and O–H groups in total. The normalized spacial score (nSPS) is 23.3. The Labute approximate surface area is 134 Å². The molecule has 5 heteroatoms. The SMILES string of the molecule is C=CC(=O)N1CC2CN(C(=O)c3cc4ccccc4o3)CC2C1. The standard InChI is InChI=1S/C18H18N2O3/c1-2-17(21)19-8-13-10-20(11-14(13)9-19)18(22)16-7-12-5-3-4-6-15(12)23-16/h2-7,13-14H,1,8-11H2. The van der Waals surface area contributed by atoms with Gasteiger partial charge in [-0.25, -0.2) is 0 Å². The number of fused-ring (bicyclic) bond motifs is 2. The third kappa shape index (κ3) is 2.32. The van der Waals surface area contributed by atoms with Crippen LogP contribution in [0.4, 0.5) is 0 Å². The molecule has 2 unspecified atom stereocenters. The predicted octanol–water partition coefficient (Wildman–Crippen LogP) is 2.15. The van der Waals surface area contributed by atoms with E-state index in [0.29, 0.717) is 43.8 Å². The van der Waals surface area contributed by atoms with E-state index in [1.807, 2.05) is 34.1 Å². The minimum absolute atomic E-state index is 0.0189. The van der Waals surface area contributed by atoms with Crippen LogP contribution in [0.15, 0.2) is 47.4 Å². The lowest BCUT2D eigenvalue weighted by Crippen LogP contribution is -2.34. The average molecular weight is 310 g/mol. The van der Waals surface area contributed by atoms with Crippen LogP contribution in [-0.4, -0.2) is 47.8 Å². The molecule has 4 rings (SSSR count). The molecule has 118 valence electrons. The van der Waals surface area contributed by atoms with Gasteiger partial charge in [-0.15, -0.1) is 0 Å². The molecule has 5 nitrogen and oxygen atoms in total. The summed E-state index contributed by atoms with van der Waals surface area (Å²) in [7, 11) is 0. The van der Waals surface area contributed by atoms with Gasteiger partial charge in [-0.2, -0.15) is 0 Å². The highest BCUT2D eigenvalue weighted by atomic mass is 16.3. The Kier molecular flexibility index (Phi) is 3.22. The summed E-state index contributed by atoms with van der Waals surface area (Å²) in [6.45, 7) is 6.31. The van der Waals surface area contributed by atoms with Crippen LogP contribution in [0.5, 0.6) is 0 Å². The Morgan fingerprint density at radius 3 is 2.39 bits per heavy atom. The van der Waals surface area contributed by atoms with E-state index in [4.69, 9.17) is 4.42 Å². The van der Waals surface area contributed by atoms with Crippen LogP contribution in [0.25, 0.3) is 11.0 Å². The van der Waals surface area contributed by atoms with Gasteiger partial charge in [0.1, 0.15) is 5.58 Å². The van der Waals surface area contributed by atoms with Gasteiger partial charge in [-0.05, 0) is 18.2 Å². The fourth-order valence-corrected chi connectivity index (χ4v) is 3.71. The van der Waals surface area contributed by atoms with E-state index in [0.717, 1.165) is 11.0 Å². The second kappa shape index (κ2) is 5.26. The lowest BCUT2D eigenvalue weighted by molar-refractivity contribution is -0.125. The van der Waals surface area contributed by atoms with E-state index in [2.05, 4.69) is 6.58 Å². The number of furan rings is 1. The monoisotopic (exact) mass is 310 g/mol. The first kappa shape index (κ1) is 14.1. The van der Waals surface area contributed by atoms with Crippen molar-refractivity contribution in [2.75, 3.05) is 26.2 Å². The summed E-state index contributed by atoms with van der Waals surface area (Å²) >= 11 is 0. The number of benzene rings is 1. The van der Waals surface area contributed by atoms with Crippen LogP contribution < -0.4 is 0 Å². The van der Waals surface area contributed by atoms with E-state index in [9.17, 15) is 9.59 Å². The molecule has 3 heterocycles. The second-order valence-electron chi connectivity index (χ2n) is 6.33. The Morgan fingerprint density at radius 1 is 1.09 bits per heavy atom. The van der Waals surface area contributed by atoms with Crippen LogP contribution >= 0.6 is 0 Å². The maximum atomic E-state index is 12.7. The summed E-state index contributed by atoms with van der Waals surface area (Å²) in [5.41, 5.74) is 0.734. The quantitative estimate of drug-likeness (QED) is 0.799. The van der Waals surface area contributed by atoms with Crippen molar-refractivity contribution in [2.24, 2.45) is 11.8 Å². The number of carbonyl (C=O) groups excluding carboxylic acids is 2. The summed E-state index contributed by atoms with van der Waals surface area (Å²) < 4.78 is 5.67. The molecule has 0 spiro atoms. The maximum absolute atomic E-state index is 12.7. The molecule has 1 aromatic heterocycles. The van der Waals surface area contributed by atoms with Gasteiger partial charge in [0.15, 0.2) is 5.76 Å². The van der Waals surface area contributed by atoms with Gasteiger partial charge in [0.05, 0.1) is 0 Å². The van der Waals surface area contributed by atoms with Crippen molar-refractivity contribution in [3.05, 3.63) is 48.7 Å². The number of nitrogens with zero attached hydrogens (tertiary/aromatic N) is 2. The fourth-order valence-electron chi connectivity index (χ4n) is 3.71. The van der Waals surface area contributed by atoms with Crippen molar-refractivity contribution in [1.82, 2.24) is 9.80 Å². The lowest BCUT2D eigenvalue weighted by atomic mass is 10.0. The molecule has 0 aliphatic carbocycles. The zero-order valence-corrected chi connectivity index (χ0v) is 12.8. The number of hydrogen-bond acceptors (Lipinski definition) is 3. The Morgan fingerprint density at radius 2 is 1.74 bits per heavy atom. The zero-order valence-electron chi connectivity index (χ0n) is 12.8. The van der Waals surface area contributed by atoms with Crippen LogP contribution in [0.2, 0.25) is 0 Å². The molecule has 1 aromatic carbocycles. The van der Waals surface area contributed by atoms with E-state index < -0.39 is 0 Å². The van der Waals surface area contributed by atoms with Crippen molar-refractivity contribution < 1.29 is 14.0 Å². The molecule has 2 amide bonds. The van der Waals surface area contributed by atoms with Crippen molar-refractivity contribution in [3.63, 3.8) is 0 Å². The second-order valence-corrected chi connectivity index (χ2v) is 6.33. The summed E-state index contributed by atoms with van der Waals surface area (Å²) in [6, 6.07) is 9.43. The van der Waals surface area contributed by atoms with Gasteiger partial charge in [0.2, 0.25) is 5.91 Å². The van der Waals surface area contributed by atoms with Gasteiger partial charge in [-0.1, -0.05) is 24.8 Å².